The lowest BCUT2D eigenvalue weighted by Gasteiger charge is -2.10. The van der Waals surface area contributed by atoms with Crippen molar-refractivity contribution < 1.29 is 9.59 Å². The number of benzene rings is 1. The van der Waals surface area contributed by atoms with Gasteiger partial charge in [-0.25, -0.2) is 9.97 Å². The van der Waals surface area contributed by atoms with Gasteiger partial charge >= 0.3 is 0 Å². The predicted octanol–water partition coefficient (Wildman–Crippen LogP) is 3.09. The van der Waals surface area contributed by atoms with E-state index in [1.54, 1.807) is 11.3 Å². The second-order valence-corrected chi connectivity index (χ2v) is 8.05. The number of carbonyl (C=O) groups is 2. The first kappa shape index (κ1) is 19.3. The number of rotatable bonds is 7. The number of carbonyl (C=O) groups excluding carboxylic acids is 2. The van der Waals surface area contributed by atoms with Gasteiger partial charge in [0, 0.05) is 11.4 Å². The number of hydrogen-bond acceptors (Lipinski definition) is 6. The molecule has 2 N–H and O–H groups in total. The van der Waals surface area contributed by atoms with Crippen molar-refractivity contribution in [3.05, 3.63) is 41.8 Å². The molecule has 0 fully saturated rings. The molecule has 3 rings (SSSR count). The van der Waals surface area contributed by atoms with Crippen LogP contribution in [-0.2, 0) is 9.59 Å². The van der Waals surface area contributed by atoms with Crippen molar-refractivity contribution in [1.82, 2.24) is 20.6 Å². The standard InChI is InChI=1S/C19H20N4O2S2/c1-12(2)21-16(24)10-20-17(25)11-27-19-13-6-3-4-7-14(13)22-18(23-19)15-8-5-9-26-15/h3-9,12H,10-11H2,1-2H3,(H,20,25)(H,21,24). The minimum absolute atomic E-state index is 0.0253. The first-order valence-electron chi connectivity index (χ1n) is 8.52. The summed E-state index contributed by atoms with van der Waals surface area (Å²) in [7, 11) is 0. The maximum Gasteiger partial charge on any atom is 0.239 e. The molecule has 0 aliphatic carbocycles. The summed E-state index contributed by atoms with van der Waals surface area (Å²) >= 11 is 2.92. The number of amides is 2. The summed E-state index contributed by atoms with van der Waals surface area (Å²) in [5, 5.41) is 9.02. The van der Waals surface area contributed by atoms with Gasteiger partial charge in [-0.15, -0.1) is 11.3 Å². The van der Waals surface area contributed by atoms with Crippen molar-refractivity contribution in [2.24, 2.45) is 0 Å². The molecule has 6 nitrogen and oxygen atoms in total. The summed E-state index contributed by atoms with van der Waals surface area (Å²) in [5.74, 6) is 0.429. The number of aromatic nitrogens is 2. The van der Waals surface area contributed by atoms with E-state index in [9.17, 15) is 9.59 Å². The average Bonchev–Trinajstić information content (AvgIpc) is 3.18. The molecule has 0 saturated carbocycles. The number of fused-ring (bicyclic) bond motifs is 1. The Labute approximate surface area is 165 Å². The molecule has 27 heavy (non-hydrogen) atoms. The molecule has 0 aliphatic rings. The second kappa shape index (κ2) is 8.96. The van der Waals surface area contributed by atoms with Crippen LogP contribution < -0.4 is 10.6 Å². The van der Waals surface area contributed by atoms with Crippen LogP contribution in [-0.4, -0.2) is 40.1 Å². The predicted molar refractivity (Wildman–Crippen MR) is 110 cm³/mol. The number of nitrogens with zero attached hydrogens (tertiary/aromatic N) is 2. The number of thioether (sulfide) groups is 1. The highest BCUT2D eigenvalue weighted by molar-refractivity contribution is 8.00. The van der Waals surface area contributed by atoms with Gasteiger partial charge in [-0.05, 0) is 31.4 Å². The van der Waals surface area contributed by atoms with E-state index in [0.29, 0.717) is 5.82 Å². The fourth-order valence-corrected chi connectivity index (χ4v) is 3.92. The van der Waals surface area contributed by atoms with E-state index in [2.05, 4.69) is 20.6 Å². The van der Waals surface area contributed by atoms with Crippen molar-refractivity contribution in [2.75, 3.05) is 12.3 Å². The normalized spacial score (nSPS) is 10.9. The Balaban J connectivity index is 1.70. The Morgan fingerprint density at radius 1 is 1.11 bits per heavy atom. The molecule has 0 radical (unpaired) electrons. The van der Waals surface area contributed by atoms with Gasteiger partial charge in [-0.1, -0.05) is 36.0 Å². The Hall–Kier alpha value is -2.45. The average molecular weight is 401 g/mol. The van der Waals surface area contributed by atoms with Crippen LogP contribution in [0.25, 0.3) is 21.6 Å². The largest absolute Gasteiger partial charge is 0.352 e. The maximum absolute atomic E-state index is 12.1. The Bertz CT molecular complexity index is 942. The Morgan fingerprint density at radius 2 is 1.93 bits per heavy atom. The van der Waals surface area contributed by atoms with Gasteiger partial charge in [0.05, 0.1) is 22.7 Å². The Kier molecular flexibility index (Phi) is 6.41. The Morgan fingerprint density at radius 3 is 2.67 bits per heavy atom. The lowest BCUT2D eigenvalue weighted by Crippen LogP contribution is -2.40. The van der Waals surface area contributed by atoms with Gasteiger partial charge in [0.15, 0.2) is 5.82 Å². The monoisotopic (exact) mass is 400 g/mol. The highest BCUT2D eigenvalue weighted by Crippen LogP contribution is 2.29. The molecular formula is C19H20N4O2S2. The molecule has 140 valence electrons. The highest BCUT2D eigenvalue weighted by Gasteiger charge is 2.13. The zero-order valence-electron chi connectivity index (χ0n) is 15.1. The minimum Gasteiger partial charge on any atom is -0.352 e. The van der Waals surface area contributed by atoms with E-state index >= 15 is 0 Å². The summed E-state index contributed by atoms with van der Waals surface area (Å²) in [6.07, 6.45) is 0. The summed E-state index contributed by atoms with van der Waals surface area (Å²) in [4.78, 5) is 34.0. The van der Waals surface area contributed by atoms with Gasteiger partial charge in [0.1, 0.15) is 5.03 Å². The molecule has 0 bridgehead atoms. The molecule has 0 unspecified atom stereocenters. The van der Waals surface area contributed by atoms with Gasteiger partial charge < -0.3 is 10.6 Å². The van der Waals surface area contributed by atoms with Gasteiger partial charge in [0.2, 0.25) is 11.8 Å². The smallest absolute Gasteiger partial charge is 0.239 e. The fourth-order valence-electron chi connectivity index (χ4n) is 2.41. The third-order valence-electron chi connectivity index (χ3n) is 3.55. The molecular weight excluding hydrogens is 380 g/mol. The van der Waals surface area contributed by atoms with Crippen molar-refractivity contribution in [3.63, 3.8) is 0 Å². The number of hydrogen-bond donors (Lipinski definition) is 2. The number of nitrogens with one attached hydrogen (secondary N) is 2. The minimum atomic E-state index is -0.209. The van der Waals surface area contributed by atoms with Crippen LogP contribution in [0.5, 0.6) is 0 Å². The van der Waals surface area contributed by atoms with Crippen LogP contribution >= 0.6 is 23.1 Å². The number of thiophene rings is 1. The van der Waals surface area contributed by atoms with Crippen LogP contribution in [0, 0.1) is 0 Å². The zero-order chi connectivity index (χ0) is 19.2. The first-order valence-corrected chi connectivity index (χ1v) is 10.4. The van der Waals surface area contributed by atoms with Crippen molar-refractivity contribution in [2.45, 2.75) is 24.9 Å². The van der Waals surface area contributed by atoms with E-state index in [0.717, 1.165) is 20.8 Å². The van der Waals surface area contributed by atoms with Crippen LogP contribution in [0.3, 0.4) is 0 Å². The van der Waals surface area contributed by atoms with Gasteiger partial charge in [-0.3, -0.25) is 9.59 Å². The topological polar surface area (TPSA) is 84.0 Å². The van der Waals surface area contributed by atoms with E-state index in [-0.39, 0.29) is 30.2 Å². The summed E-state index contributed by atoms with van der Waals surface area (Å²) in [6, 6.07) is 11.7. The summed E-state index contributed by atoms with van der Waals surface area (Å²) < 4.78 is 0. The first-order chi connectivity index (χ1) is 13.0. The third kappa shape index (κ3) is 5.27. The lowest BCUT2D eigenvalue weighted by atomic mass is 10.2. The quantitative estimate of drug-likeness (QED) is 0.470. The van der Waals surface area contributed by atoms with E-state index in [1.807, 2.05) is 55.6 Å². The molecule has 2 amide bonds. The SMILES string of the molecule is CC(C)NC(=O)CNC(=O)CSc1nc(-c2cccs2)nc2ccccc12. The zero-order valence-corrected chi connectivity index (χ0v) is 16.7. The molecule has 0 atom stereocenters. The number of para-hydroxylation sites is 1. The summed E-state index contributed by atoms with van der Waals surface area (Å²) in [6.45, 7) is 3.73. The third-order valence-corrected chi connectivity index (χ3v) is 5.40. The van der Waals surface area contributed by atoms with Crippen LogP contribution in [0.15, 0.2) is 46.8 Å². The molecule has 2 heterocycles. The van der Waals surface area contributed by atoms with Crippen molar-refractivity contribution >= 4 is 45.8 Å². The maximum atomic E-state index is 12.1. The van der Waals surface area contributed by atoms with E-state index < -0.39 is 0 Å². The van der Waals surface area contributed by atoms with Crippen LogP contribution in [0.1, 0.15) is 13.8 Å². The molecule has 0 spiro atoms. The molecule has 1 aromatic carbocycles. The molecule has 0 aliphatic heterocycles. The summed E-state index contributed by atoms with van der Waals surface area (Å²) in [5.41, 5.74) is 0.843. The lowest BCUT2D eigenvalue weighted by molar-refractivity contribution is -0.125. The fraction of sp³-hybridized carbons (Fsp3) is 0.263. The molecule has 3 aromatic rings. The molecule has 2 aromatic heterocycles. The van der Waals surface area contributed by atoms with Crippen LogP contribution in [0.2, 0.25) is 0 Å². The van der Waals surface area contributed by atoms with Crippen molar-refractivity contribution in [1.29, 1.82) is 0 Å². The highest BCUT2D eigenvalue weighted by atomic mass is 32.2. The van der Waals surface area contributed by atoms with Crippen LogP contribution in [0.4, 0.5) is 0 Å². The van der Waals surface area contributed by atoms with Crippen molar-refractivity contribution in [3.8, 4) is 10.7 Å². The van der Waals surface area contributed by atoms with E-state index in [1.165, 1.54) is 11.8 Å². The molecule has 8 heteroatoms. The van der Waals surface area contributed by atoms with Gasteiger partial charge in [0.25, 0.3) is 0 Å². The van der Waals surface area contributed by atoms with Gasteiger partial charge in [-0.2, -0.15) is 0 Å². The second-order valence-electron chi connectivity index (χ2n) is 6.13. The van der Waals surface area contributed by atoms with E-state index in [4.69, 9.17) is 0 Å². The molecule has 0 saturated heterocycles.